The highest BCUT2D eigenvalue weighted by Crippen LogP contribution is 2.25. The molecule has 2 aromatic carbocycles. The van der Waals surface area contributed by atoms with Crippen LogP contribution in [0.2, 0.25) is 0 Å². The van der Waals surface area contributed by atoms with Crippen molar-refractivity contribution in [2.45, 2.75) is 19.5 Å². The molecular weight excluding hydrogens is 239 g/mol. The average Bonchev–Trinajstić information content (AvgIpc) is 2.38. The van der Waals surface area contributed by atoms with Gasteiger partial charge in [0.1, 0.15) is 5.82 Å². The Morgan fingerprint density at radius 1 is 1.16 bits per heavy atom. The van der Waals surface area contributed by atoms with Crippen molar-refractivity contribution in [2.24, 2.45) is 5.73 Å². The van der Waals surface area contributed by atoms with Gasteiger partial charge in [0.05, 0.1) is 0 Å². The third-order valence-corrected chi connectivity index (χ3v) is 3.15. The van der Waals surface area contributed by atoms with E-state index in [1.54, 1.807) is 12.1 Å². The largest absolute Gasteiger partial charge is 0.370 e. The molecule has 2 nitrogen and oxygen atoms in total. The van der Waals surface area contributed by atoms with Gasteiger partial charge in [-0.25, -0.2) is 4.39 Å². The van der Waals surface area contributed by atoms with Crippen molar-refractivity contribution < 1.29 is 4.39 Å². The molecule has 3 heteroatoms. The molecule has 0 spiro atoms. The second-order valence-electron chi connectivity index (χ2n) is 4.83. The molecule has 19 heavy (non-hydrogen) atoms. The summed E-state index contributed by atoms with van der Waals surface area (Å²) < 4.78 is 13.2. The summed E-state index contributed by atoms with van der Waals surface area (Å²) in [7, 11) is 1.99. The highest BCUT2D eigenvalue weighted by atomic mass is 19.1. The Morgan fingerprint density at radius 3 is 2.58 bits per heavy atom. The van der Waals surface area contributed by atoms with Gasteiger partial charge in [0.25, 0.3) is 0 Å². The number of hydrogen-bond acceptors (Lipinski definition) is 2. The fourth-order valence-corrected chi connectivity index (χ4v) is 2.21. The summed E-state index contributed by atoms with van der Waals surface area (Å²) in [4.78, 5) is 2.09. The van der Waals surface area contributed by atoms with Crippen molar-refractivity contribution in [3.8, 4) is 0 Å². The van der Waals surface area contributed by atoms with Crippen LogP contribution in [-0.4, -0.2) is 7.05 Å². The van der Waals surface area contributed by atoms with Gasteiger partial charge >= 0.3 is 0 Å². The van der Waals surface area contributed by atoms with E-state index in [1.807, 2.05) is 44.3 Å². The van der Waals surface area contributed by atoms with Gasteiger partial charge in [0.2, 0.25) is 0 Å². The third kappa shape index (κ3) is 3.32. The Hall–Kier alpha value is -1.87. The van der Waals surface area contributed by atoms with Crippen LogP contribution in [0.15, 0.2) is 48.5 Å². The molecule has 0 aromatic heterocycles. The summed E-state index contributed by atoms with van der Waals surface area (Å²) >= 11 is 0. The summed E-state index contributed by atoms with van der Waals surface area (Å²) in [6.07, 6.45) is 0. The molecule has 0 saturated carbocycles. The molecule has 2 rings (SSSR count). The average molecular weight is 258 g/mol. The zero-order valence-electron chi connectivity index (χ0n) is 11.3. The van der Waals surface area contributed by atoms with E-state index in [2.05, 4.69) is 4.90 Å². The van der Waals surface area contributed by atoms with Crippen LogP contribution in [0.5, 0.6) is 0 Å². The second-order valence-corrected chi connectivity index (χ2v) is 4.83. The van der Waals surface area contributed by atoms with E-state index in [0.717, 1.165) is 16.8 Å². The van der Waals surface area contributed by atoms with Gasteiger partial charge in [0, 0.05) is 25.3 Å². The predicted octanol–water partition coefficient (Wildman–Crippen LogP) is 3.48. The van der Waals surface area contributed by atoms with Gasteiger partial charge in [-0.1, -0.05) is 30.3 Å². The zero-order chi connectivity index (χ0) is 13.8. The lowest BCUT2D eigenvalue weighted by atomic mass is 10.1. The quantitative estimate of drug-likeness (QED) is 0.909. The summed E-state index contributed by atoms with van der Waals surface area (Å²) in [6, 6.07) is 14.7. The minimum absolute atomic E-state index is 0.0221. The van der Waals surface area contributed by atoms with Crippen LogP contribution in [-0.2, 0) is 6.54 Å². The Labute approximate surface area is 113 Å². The predicted molar refractivity (Wildman–Crippen MR) is 77.6 cm³/mol. The molecule has 0 aliphatic carbocycles. The highest BCUT2D eigenvalue weighted by Gasteiger charge is 2.10. The lowest BCUT2D eigenvalue weighted by Gasteiger charge is -2.24. The Kier molecular flexibility index (Phi) is 4.17. The minimum atomic E-state index is -0.202. The number of nitrogens with two attached hydrogens (primary N) is 1. The van der Waals surface area contributed by atoms with Gasteiger partial charge < -0.3 is 10.6 Å². The third-order valence-electron chi connectivity index (χ3n) is 3.15. The van der Waals surface area contributed by atoms with Crippen LogP contribution in [0.3, 0.4) is 0 Å². The number of para-hydroxylation sites is 1. The van der Waals surface area contributed by atoms with Crippen LogP contribution in [0.25, 0.3) is 0 Å². The molecule has 100 valence electrons. The molecule has 0 aliphatic rings. The summed E-state index contributed by atoms with van der Waals surface area (Å²) in [5, 5.41) is 0. The molecule has 0 fully saturated rings. The van der Waals surface area contributed by atoms with E-state index >= 15 is 0 Å². The van der Waals surface area contributed by atoms with Gasteiger partial charge in [0.15, 0.2) is 0 Å². The maximum atomic E-state index is 13.2. The molecule has 0 amide bonds. The van der Waals surface area contributed by atoms with Crippen molar-refractivity contribution in [2.75, 3.05) is 11.9 Å². The summed E-state index contributed by atoms with van der Waals surface area (Å²) in [5.74, 6) is -0.202. The monoisotopic (exact) mass is 258 g/mol. The van der Waals surface area contributed by atoms with E-state index in [0.29, 0.717) is 6.54 Å². The number of halogens is 1. The number of nitrogens with zero attached hydrogens (tertiary/aromatic N) is 1. The summed E-state index contributed by atoms with van der Waals surface area (Å²) in [5.41, 5.74) is 9.11. The Bertz CT molecular complexity index is 552. The number of rotatable bonds is 4. The van der Waals surface area contributed by atoms with Crippen molar-refractivity contribution in [1.29, 1.82) is 0 Å². The first kappa shape index (κ1) is 13.6. The van der Waals surface area contributed by atoms with E-state index in [1.165, 1.54) is 6.07 Å². The maximum absolute atomic E-state index is 13.2. The Morgan fingerprint density at radius 2 is 1.89 bits per heavy atom. The molecule has 0 bridgehead atoms. The van der Waals surface area contributed by atoms with E-state index in [-0.39, 0.29) is 11.9 Å². The first-order valence-corrected chi connectivity index (χ1v) is 6.38. The highest BCUT2D eigenvalue weighted by molar-refractivity contribution is 5.54. The van der Waals surface area contributed by atoms with Crippen LogP contribution in [0.1, 0.15) is 24.1 Å². The first-order chi connectivity index (χ1) is 9.08. The second kappa shape index (κ2) is 5.85. The van der Waals surface area contributed by atoms with Crippen LogP contribution in [0.4, 0.5) is 10.1 Å². The number of benzene rings is 2. The fraction of sp³-hybridized carbons (Fsp3) is 0.250. The SMILES string of the molecule is C[C@@H](N)c1ccccc1N(C)Cc1cccc(F)c1. The van der Waals surface area contributed by atoms with Crippen molar-refractivity contribution in [3.05, 3.63) is 65.5 Å². The van der Waals surface area contributed by atoms with Crippen molar-refractivity contribution in [1.82, 2.24) is 0 Å². The minimum Gasteiger partial charge on any atom is -0.370 e. The standard InChI is InChI=1S/C16H19FN2/c1-12(18)15-8-3-4-9-16(15)19(2)11-13-6-5-7-14(17)10-13/h3-10,12H,11,18H2,1-2H3/t12-/m1/s1. The van der Waals surface area contributed by atoms with Crippen LogP contribution >= 0.6 is 0 Å². The number of anilines is 1. The van der Waals surface area contributed by atoms with E-state index in [4.69, 9.17) is 5.73 Å². The molecule has 0 radical (unpaired) electrons. The molecule has 0 saturated heterocycles. The van der Waals surface area contributed by atoms with Gasteiger partial charge in [-0.15, -0.1) is 0 Å². The lowest BCUT2D eigenvalue weighted by molar-refractivity contribution is 0.625. The van der Waals surface area contributed by atoms with Crippen molar-refractivity contribution >= 4 is 5.69 Å². The van der Waals surface area contributed by atoms with Gasteiger partial charge in [-0.3, -0.25) is 0 Å². The maximum Gasteiger partial charge on any atom is 0.123 e. The van der Waals surface area contributed by atoms with E-state index in [9.17, 15) is 4.39 Å². The first-order valence-electron chi connectivity index (χ1n) is 6.38. The zero-order valence-corrected chi connectivity index (χ0v) is 11.3. The Balaban J connectivity index is 2.23. The molecule has 1 atom stereocenters. The molecule has 0 unspecified atom stereocenters. The normalized spacial score (nSPS) is 12.2. The summed E-state index contributed by atoms with van der Waals surface area (Å²) in [6.45, 7) is 2.62. The smallest absolute Gasteiger partial charge is 0.123 e. The van der Waals surface area contributed by atoms with Gasteiger partial charge in [-0.2, -0.15) is 0 Å². The molecule has 2 N–H and O–H groups in total. The fourth-order valence-electron chi connectivity index (χ4n) is 2.21. The van der Waals surface area contributed by atoms with Crippen LogP contribution < -0.4 is 10.6 Å². The van der Waals surface area contributed by atoms with Gasteiger partial charge in [-0.05, 0) is 36.2 Å². The van der Waals surface area contributed by atoms with E-state index < -0.39 is 0 Å². The topological polar surface area (TPSA) is 29.3 Å². The molecule has 0 heterocycles. The van der Waals surface area contributed by atoms with Crippen molar-refractivity contribution in [3.63, 3.8) is 0 Å². The number of hydrogen-bond donors (Lipinski definition) is 1. The molecular formula is C16H19FN2. The molecule has 2 aromatic rings. The lowest BCUT2D eigenvalue weighted by Crippen LogP contribution is -2.20. The van der Waals surface area contributed by atoms with Crippen LogP contribution in [0, 0.1) is 5.82 Å². The molecule has 0 aliphatic heterocycles.